The summed E-state index contributed by atoms with van der Waals surface area (Å²) < 4.78 is 13.3. The normalized spacial score (nSPS) is 10.3. The van der Waals surface area contributed by atoms with Crippen LogP contribution < -0.4 is 21.9 Å². The Labute approximate surface area is 159 Å². The van der Waals surface area contributed by atoms with E-state index in [9.17, 15) is 9.18 Å². The zero-order valence-corrected chi connectivity index (χ0v) is 14.8. The molecule has 0 aliphatic carbocycles. The van der Waals surface area contributed by atoms with Crippen LogP contribution in [0.4, 0.5) is 27.4 Å². The topological polar surface area (TPSA) is 105 Å². The summed E-state index contributed by atoms with van der Waals surface area (Å²) in [6.45, 7) is 0. The highest BCUT2D eigenvalue weighted by Crippen LogP contribution is 2.27. The molecule has 0 spiro atoms. The van der Waals surface area contributed by atoms with Crippen LogP contribution in [0.5, 0.6) is 0 Å². The number of benzene rings is 2. The van der Waals surface area contributed by atoms with Crippen LogP contribution in [0, 0.1) is 5.82 Å². The molecule has 1 heterocycles. The van der Waals surface area contributed by atoms with Gasteiger partial charge >= 0.3 is 0 Å². The molecule has 0 saturated carbocycles. The van der Waals surface area contributed by atoms with E-state index in [2.05, 4.69) is 26.1 Å². The Balaban J connectivity index is 1.65. The van der Waals surface area contributed by atoms with Crippen molar-refractivity contribution in [3.05, 3.63) is 71.3 Å². The second-order valence-corrected chi connectivity index (χ2v) is 5.98. The number of rotatable bonds is 6. The van der Waals surface area contributed by atoms with Gasteiger partial charge in [-0.15, -0.1) is 0 Å². The number of halogens is 2. The third kappa shape index (κ3) is 4.83. The van der Waals surface area contributed by atoms with Crippen molar-refractivity contribution < 1.29 is 9.18 Å². The Morgan fingerprint density at radius 2 is 1.85 bits per heavy atom. The summed E-state index contributed by atoms with van der Waals surface area (Å²) >= 11 is 5.76. The summed E-state index contributed by atoms with van der Waals surface area (Å²) in [5, 5.41) is 2.90. The third-order valence-corrected chi connectivity index (χ3v) is 3.88. The maximum Gasteiger partial charge on any atom is 0.242 e. The number of aromatic nitrogens is 2. The van der Waals surface area contributed by atoms with Crippen LogP contribution in [0.2, 0.25) is 5.02 Å². The number of nitrogens with one attached hydrogen (secondary N) is 3. The van der Waals surface area contributed by atoms with E-state index in [0.717, 1.165) is 5.56 Å². The van der Waals surface area contributed by atoms with E-state index in [4.69, 9.17) is 17.3 Å². The van der Waals surface area contributed by atoms with E-state index < -0.39 is 5.82 Å². The van der Waals surface area contributed by atoms with Crippen LogP contribution in [0.15, 0.2) is 54.9 Å². The van der Waals surface area contributed by atoms with Crippen molar-refractivity contribution in [1.82, 2.24) is 15.4 Å². The largest absolute Gasteiger partial charge is 0.393 e. The SMILES string of the molecule is Nc1c(NNC(=O)Cc2ccccc2)ncnc1Nc1ccc(F)c(Cl)c1. The van der Waals surface area contributed by atoms with Gasteiger partial charge in [0, 0.05) is 5.69 Å². The van der Waals surface area contributed by atoms with Gasteiger partial charge in [0.2, 0.25) is 5.91 Å². The first-order chi connectivity index (χ1) is 13.0. The van der Waals surface area contributed by atoms with E-state index in [1.807, 2.05) is 30.3 Å². The van der Waals surface area contributed by atoms with Gasteiger partial charge in [-0.3, -0.25) is 15.6 Å². The maximum atomic E-state index is 13.3. The number of hydrogen-bond donors (Lipinski definition) is 4. The van der Waals surface area contributed by atoms with Crippen molar-refractivity contribution in [3.63, 3.8) is 0 Å². The molecule has 0 fully saturated rings. The third-order valence-electron chi connectivity index (χ3n) is 3.59. The van der Waals surface area contributed by atoms with Gasteiger partial charge in [0.15, 0.2) is 11.6 Å². The standard InChI is InChI=1S/C18H16ClFN6O/c19-13-9-12(6-7-14(13)20)24-17-16(21)18(23-10-22-17)26-25-15(27)8-11-4-2-1-3-5-11/h1-7,9-10H,8,21H2,(H,25,27)(H2,22,23,24,26). The fraction of sp³-hybridized carbons (Fsp3) is 0.0556. The molecule has 1 aromatic heterocycles. The summed E-state index contributed by atoms with van der Waals surface area (Å²) in [6.07, 6.45) is 1.48. The van der Waals surface area contributed by atoms with Crippen LogP contribution in [0.25, 0.3) is 0 Å². The van der Waals surface area contributed by atoms with Crippen LogP contribution in [-0.4, -0.2) is 15.9 Å². The molecule has 5 N–H and O–H groups in total. The molecule has 2 aromatic carbocycles. The summed E-state index contributed by atoms with van der Waals surface area (Å²) in [5.41, 5.74) is 12.8. The van der Waals surface area contributed by atoms with Crippen LogP contribution in [0.3, 0.4) is 0 Å². The number of nitrogen functional groups attached to an aromatic ring is 1. The van der Waals surface area contributed by atoms with Crippen LogP contribution >= 0.6 is 11.6 Å². The minimum atomic E-state index is -0.527. The number of amides is 1. The van der Waals surface area contributed by atoms with Crippen LogP contribution in [-0.2, 0) is 11.2 Å². The molecule has 0 unspecified atom stereocenters. The maximum absolute atomic E-state index is 13.3. The summed E-state index contributed by atoms with van der Waals surface area (Å²) in [6, 6.07) is 13.4. The molecule has 0 atom stereocenters. The first-order valence-electron chi connectivity index (χ1n) is 7.94. The number of anilines is 4. The molecular formula is C18H16ClFN6O. The number of carbonyl (C=O) groups excluding carboxylic acids is 1. The Kier molecular flexibility index (Phi) is 5.68. The first-order valence-corrected chi connectivity index (χ1v) is 8.32. The lowest BCUT2D eigenvalue weighted by atomic mass is 10.1. The van der Waals surface area contributed by atoms with Gasteiger partial charge in [-0.25, -0.2) is 14.4 Å². The molecule has 1 amide bonds. The Morgan fingerprint density at radius 3 is 2.59 bits per heavy atom. The number of hydrogen-bond acceptors (Lipinski definition) is 6. The molecule has 138 valence electrons. The molecule has 0 saturated heterocycles. The van der Waals surface area contributed by atoms with Crippen LogP contribution in [0.1, 0.15) is 5.56 Å². The average molecular weight is 387 g/mol. The Morgan fingerprint density at radius 1 is 1.11 bits per heavy atom. The predicted octanol–water partition coefficient (Wildman–Crippen LogP) is 3.28. The Hall–Kier alpha value is -3.39. The molecule has 0 aliphatic rings. The molecule has 0 bridgehead atoms. The molecule has 3 aromatic rings. The minimum Gasteiger partial charge on any atom is -0.393 e. The molecule has 7 nitrogen and oxygen atoms in total. The lowest BCUT2D eigenvalue weighted by molar-refractivity contribution is -0.119. The van der Waals surface area contributed by atoms with Crippen molar-refractivity contribution in [3.8, 4) is 0 Å². The molecule has 0 radical (unpaired) electrons. The van der Waals surface area contributed by atoms with Gasteiger partial charge in [0.05, 0.1) is 11.4 Å². The lowest BCUT2D eigenvalue weighted by Crippen LogP contribution is -2.31. The zero-order valence-electron chi connectivity index (χ0n) is 14.0. The van der Waals surface area contributed by atoms with E-state index >= 15 is 0 Å². The summed E-state index contributed by atoms with van der Waals surface area (Å²) in [5.74, 6) is -0.269. The molecule has 9 heteroatoms. The Bertz CT molecular complexity index is 954. The van der Waals surface area contributed by atoms with E-state index in [0.29, 0.717) is 5.69 Å². The van der Waals surface area contributed by atoms with Gasteiger partial charge in [-0.2, -0.15) is 0 Å². The van der Waals surface area contributed by atoms with Gasteiger partial charge in [-0.05, 0) is 23.8 Å². The quantitative estimate of drug-likeness (QED) is 0.484. The number of nitrogens with two attached hydrogens (primary N) is 1. The summed E-state index contributed by atoms with van der Waals surface area (Å²) in [4.78, 5) is 20.1. The number of carbonyl (C=O) groups is 1. The smallest absolute Gasteiger partial charge is 0.242 e. The average Bonchev–Trinajstić information content (AvgIpc) is 2.66. The van der Waals surface area contributed by atoms with Crippen molar-refractivity contribution in [2.75, 3.05) is 16.5 Å². The molecule has 27 heavy (non-hydrogen) atoms. The molecular weight excluding hydrogens is 371 g/mol. The fourth-order valence-corrected chi connectivity index (χ4v) is 2.44. The van der Waals surface area contributed by atoms with E-state index in [-0.39, 0.29) is 34.7 Å². The predicted molar refractivity (Wildman–Crippen MR) is 103 cm³/mol. The second-order valence-electron chi connectivity index (χ2n) is 5.57. The highest BCUT2D eigenvalue weighted by Gasteiger charge is 2.10. The van der Waals surface area contributed by atoms with Gasteiger partial charge in [-0.1, -0.05) is 41.9 Å². The zero-order chi connectivity index (χ0) is 19.2. The number of hydrazine groups is 1. The number of nitrogens with zero attached hydrogens (tertiary/aromatic N) is 2. The fourth-order valence-electron chi connectivity index (χ4n) is 2.26. The van der Waals surface area contributed by atoms with Crippen molar-refractivity contribution >= 4 is 40.5 Å². The first kappa shape index (κ1) is 18.4. The highest BCUT2D eigenvalue weighted by atomic mass is 35.5. The van der Waals surface area contributed by atoms with Crippen molar-refractivity contribution in [2.45, 2.75) is 6.42 Å². The van der Waals surface area contributed by atoms with Gasteiger partial charge in [0.1, 0.15) is 17.8 Å². The molecule has 0 aliphatic heterocycles. The van der Waals surface area contributed by atoms with Gasteiger partial charge < -0.3 is 11.1 Å². The van der Waals surface area contributed by atoms with Crippen molar-refractivity contribution in [2.24, 2.45) is 0 Å². The second kappa shape index (κ2) is 8.33. The van der Waals surface area contributed by atoms with E-state index in [1.54, 1.807) is 0 Å². The lowest BCUT2D eigenvalue weighted by Gasteiger charge is -2.13. The highest BCUT2D eigenvalue weighted by molar-refractivity contribution is 6.31. The summed E-state index contributed by atoms with van der Waals surface area (Å²) in [7, 11) is 0. The molecule has 3 rings (SSSR count). The van der Waals surface area contributed by atoms with E-state index in [1.165, 1.54) is 24.5 Å². The monoisotopic (exact) mass is 386 g/mol. The minimum absolute atomic E-state index is 0.0286. The van der Waals surface area contributed by atoms with Gasteiger partial charge in [0.25, 0.3) is 0 Å². The van der Waals surface area contributed by atoms with Crippen molar-refractivity contribution in [1.29, 1.82) is 0 Å².